The summed E-state index contributed by atoms with van der Waals surface area (Å²) in [6.07, 6.45) is 5.67. The third-order valence-corrected chi connectivity index (χ3v) is 4.10. The molecule has 0 saturated carbocycles. The molecule has 0 spiro atoms. The van der Waals surface area contributed by atoms with Crippen LogP contribution in [0.5, 0.6) is 5.75 Å². The highest BCUT2D eigenvalue weighted by molar-refractivity contribution is 5.88. The van der Waals surface area contributed by atoms with Gasteiger partial charge in [0.1, 0.15) is 5.75 Å². The first kappa shape index (κ1) is 17.9. The fraction of sp³-hybridized carbons (Fsp3) is 0.350. The molecule has 0 atom stereocenters. The number of amides is 2. The molecule has 0 aliphatic carbocycles. The Morgan fingerprint density at radius 3 is 2.73 bits per heavy atom. The van der Waals surface area contributed by atoms with E-state index >= 15 is 0 Å². The highest BCUT2D eigenvalue weighted by Gasteiger charge is 2.19. The number of hydrogen-bond donors (Lipinski definition) is 1. The van der Waals surface area contributed by atoms with E-state index in [-0.39, 0.29) is 12.1 Å². The van der Waals surface area contributed by atoms with E-state index in [4.69, 9.17) is 4.74 Å². The Morgan fingerprint density at radius 1 is 1.23 bits per heavy atom. The molecule has 2 amide bonds. The first-order chi connectivity index (χ1) is 12.6. The average molecular weight is 352 g/mol. The van der Waals surface area contributed by atoms with E-state index in [2.05, 4.69) is 33.7 Å². The molecule has 1 saturated heterocycles. The van der Waals surface area contributed by atoms with Gasteiger partial charge in [-0.05, 0) is 56.5 Å². The molecular formula is C20H24N4O2. The molecule has 1 aliphatic heterocycles. The third-order valence-electron chi connectivity index (χ3n) is 4.10. The zero-order valence-electron chi connectivity index (χ0n) is 15.2. The normalized spacial score (nSPS) is 14.3. The maximum Gasteiger partial charge on any atom is 0.323 e. The number of carbonyl (C=O) groups excluding carboxylic acids is 1. The van der Waals surface area contributed by atoms with Crippen LogP contribution in [-0.4, -0.2) is 40.3 Å². The lowest BCUT2D eigenvalue weighted by Crippen LogP contribution is -2.39. The summed E-state index contributed by atoms with van der Waals surface area (Å²) in [6.45, 7) is 5.43. The maximum atomic E-state index is 12.3. The van der Waals surface area contributed by atoms with Crippen molar-refractivity contribution in [1.29, 1.82) is 0 Å². The summed E-state index contributed by atoms with van der Waals surface area (Å²) < 4.78 is 5.75. The predicted molar refractivity (Wildman–Crippen MR) is 102 cm³/mol. The molecule has 3 rings (SSSR count). The predicted octanol–water partition coefficient (Wildman–Crippen LogP) is 3.98. The SMILES string of the molecule is CC(C)Oc1cccc(C=C2CCN(C(=O)Nc3cccnn3)CC2)c1. The summed E-state index contributed by atoms with van der Waals surface area (Å²) in [5.41, 5.74) is 2.48. The van der Waals surface area contributed by atoms with Crippen LogP contribution >= 0.6 is 0 Å². The second kappa shape index (κ2) is 8.47. The molecule has 1 aromatic heterocycles. The average Bonchev–Trinajstić information content (AvgIpc) is 2.63. The van der Waals surface area contributed by atoms with Crippen molar-refractivity contribution in [2.75, 3.05) is 18.4 Å². The summed E-state index contributed by atoms with van der Waals surface area (Å²) in [7, 11) is 0. The van der Waals surface area contributed by atoms with E-state index in [0.29, 0.717) is 18.9 Å². The number of nitrogens with zero attached hydrogens (tertiary/aromatic N) is 3. The Bertz CT molecular complexity index is 764. The van der Waals surface area contributed by atoms with E-state index < -0.39 is 0 Å². The second-order valence-electron chi connectivity index (χ2n) is 6.57. The molecule has 2 heterocycles. The number of urea groups is 1. The number of benzene rings is 1. The van der Waals surface area contributed by atoms with Gasteiger partial charge in [0, 0.05) is 19.3 Å². The lowest BCUT2D eigenvalue weighted by atomic mass is 10.0. The van der Waals surface area contributed by atoms with E-state index in [1.165, 1.54) is 5.57 Å². The molecule has 0 unspecified atom stereocenters. The molecule has 1 N–H and O–H groups in total. The van der Waals surface area contributed by atoms with Gasteiger partial charge in [0.2, 0.25) is 0 Å². The standard InChI is InChI=1S/C20H24N4O2/c1-15(2)26-18-6-3-5-17(14-18)13-16-8-11-24(12-9-16)20(25)22-19-7-4-10-21-23-19/h3-7,10,13-15H,8-9,11-12H2,1-2H3,(H,22,23,25). The van der Waals surface area contributed by atoms with Crippen molar-refractivity contribution in [3.05, 3.63) is 53.7 Å². The van der Waals surface area contributed by atoms with E-state index in [1.54, 1.807) is 18.3 Å². The molecule has 136 valence electrons. The zero-order valence-corrected chi connectivity index (χ0v) is 15.2. The largest absolute Gasteiger partial charge is 0.491 e. The van der Waals surface area contributed by atoms with Gasteiger partial charge in [-0.3, -0.25) is 5.32 Å². The van der Waals surface area contributed by atoms with Crippen LogP contribution in [0.4, 0.5) is 10.6 Å². The summed E-state index contributed by atoms with van der Waals surface area (Å²) in [6, 6.07) is 11.5. The number of nitrogens with one attached hydrogen (secondary N) is 1. The van der Waals surface area contributed by atoms with Crippen molar-refractivity contribution < 1.29 is 9.53 Å². The Hall–Kier alpha value is -2.89. The quantitative estimate of drug-likeness (QED) is 0.904. The summed E-state index contributed by atoms with van der Waals surface area (Å²) in [4.78, 5) is 14.1. The Balaban J connectivity index is 1.56. The minimum atomic E-state index is -0.128. The second-order valence-corrected chi connectivity index (χ2v) is 6.57. The van der Waals surface area contributed by atoms with Gasteiger partial charge in [0.25, 0.3) is 0 Å². The fourth-order valence-electron chi connectivity index (χ4n) is 2.88. The number of carbonyl (C=O) groups is 1. The van der Waals surface area contributed by atoms with Crippen LogP contribution in [0.25, 0.3) is 6.08 Å². The molecule has 6 heteroatoms. The molecule has 1 aromatic carbocycles. The van der Waals surface area contributed by atoms with Gasteiger partial charge in [-0.1, -0.05) is 23.8 Å². The van der Waals surface area contributed by atoms with Crippen molar-refractivity contribution in [3.63, 3.8) is 0 Å². The van der Waals surface area contributed by atoms with E-state index in [0.717, 1.165) is 24.2 Å². The number of rotatable bonds is 4. The molecule has 0 radical (unpaired) electrons. The van der Waals surface area contributed by atoms with Crippen LogP contribution in [0.3, 0.4) is 0 Å². The van der Waals surface area contributed by atoms with Gasteiger partial charge in [-0.25, -0.2) is 4.79 Å². The van der Waals surface area contributed by atoms with Crippen molar-refractivity contribution in [2.45, 2.75) is 32.8 Å². The smallest absolute Gasteiger partial charge is 0.323 e. The number of anilines is 1. The van der Waals surface area contributed by atoms with Gasteiger partial charge in [-0.15, -0.1) is 5.10 Å². The Kier molecular flexibility index (Phi) is 5.84. The number of aromatic nitrogens is 2. The monoisotopic (exact) mass is 352 g/mol. The van der Waals surface area contributed by atoms with Crippen molar-refractivity contribution in [1.82, 2.24) is 15.1 Å². The van der Waals surface area contributed by atoms with Gasteiger partial charge >= 0.3 is 6.03 Å². The summed E-state index contributed by atoms with van der Waals surface area (Å²) in [5.74, 6) is 1.36. The van der Waals surface area contributed by atoms with Crippen LogP contribution in [0.1, 0.15) is 32.3 Å². The highest BCUT2D eigenvalue weighted by Crippen LogP contribution is 2.22. The maximum absolute atomic E-state index is 12.3. The van der Waals surface area contributed by atoms with Crippen LogP contribution < -0.4 is 10.1 Å². The van der Waals surface area contributed by atoms with Crippen LogP contribution in [0, 0.1) is 0 Å². The topological polar surface area (TPSA) is 67.3 Å². The summed E-state index contributed by atoms with van der Waals surface area (Å²) >= 11 is 0. The first-order valence-corrected chi connectivity index (χ1v) is 8.90. The summed E-state index contributed by atoms with van der Waals surface area (Å²) in [5, 5.41) is 10.4. The van der Waals surface area contributed by atoms with Gasteiger partial charge < -0.3 is 9.64 Å². The van der Waals surface area contributed by atoms with Crippen LogP contribution in [0.15, 0.2) is 48.2 Å². The molecular weight excluding hydrogens is 328 g/mol. The fourth-order valence-corrected chi connectivity index (χ4v) is 2.88. The van der Waals surface area contributed by atoms with Gasteiger partial charge in [-0.2, -0.15) is 5.10 Å². The molecule has 2 aromatic rings. The van der Waals surface area contributed by atoms with Crippen LogP contribution in [0.2, 0.25) is 0 Å². The minimum absolute atomic E-state index is 0.128. The number of piperidine rings is 1. The van der Waals surface area contributed by atoms with Gasteiger partial charge in [0.15, 0.2) is 5.82 Å². The van der Waals surface area contributed by atoms with E-state index in [9.17, 15) is 4.79 Å². The Labute approximate surface area is 153 Å². The van der Waals surface area contributed by atoms with Crippen LogP contribution in [-0.2, 0) is 0 Å². The van der Waals surface area contributed by atoms with Crippen molar-refractivity contribution >= 4 is 17.9 Å². The number of likely N-dealkylation sites (tertiary alicyclic amines) is 1. The van der Waals surface area contributed by atoms with Crippen molar-refractivity contribution in [2.24, 2.45) is 0 Å². The number of hydrogen-bond acceptors (Lipinski definition) is 4. The molecule has 6 nitrogen and oxygen atoms in total. The third kappa shape index (κ3) is 5.05. The number of ether oxygens (including phenoxy) is 1. The van der Waals surface area contributed by atoms with Crippen molar-refractivity contribution in [3.8, 4) is 5.75 Å². The molecule has 26 heavy (non-hydrogen) atoms. The van der Waals surface area contributed by atoms with Gasteiger partial charge in [0.05, 0.1) is 6.10 Å². The highest BCUT2D eigenvalue weighted by atomic mass is 16.5. The minimum Gasteiger partial charge on any atom is -0.491 e. The first-order valence-electron chi connectivity index (χ1n) is 8.90. The Morgan fingerprint density at radius 2 is 2.04 bits per heavy atom. The molecule has 1 aliphatic rings. The molecule has 0 bridgehead atoms. The zero-order chi connectivity index (χ0) is 18.4. The lowest BCUT2D eigenvalue weighted by Gasteiger charge is -2.28. The molecule has 1 fully saturated rings. The lowest BCUT2D eigenvalue weighted by molar-refractivity contribution is 0.207. The van der Waals surface area contributed by atoms with E-state index in [1.807, 2.05) is 30.9 Å².